The molecule has 8 nitrogen and oxygen atoms in total. The van der Waals surface area contributed by atoms with E-state index in [9.17, 15) is 9.90 Å². The number of unbranched alkanes of at least 4 members (excludes halogenated alkanes) is 7. The SMILES string of the molecule is CCCCCCCCCCC(C(=O)O)(c1ccc(C)cc1-n1nc2ccccc2n1)c1ccc(C)cc1-n1nc2ccccc2n1. The normalized spacial score (nSPS) is 11.9. The van der Waals surface area contributed by atoms with Crippen LogP contribution in [-0.4, -0.2) is 41.1 Å². The van der Waals surface area contributed by atoms with Crippen molar-refractivity contribution in [2.75, 3.05) is 0 Å². The molecule has 6 aromatic rings. The van der Waals surface area contributed by atoms with E-state index in [4.69, 9.17) is 20.4 Å². The lowest BCUT2D eigenvalue weighted by atomic mass is 9.69. The molecule has 0 unspecified atom stereocenters. The van der Waals surface area contributed by atoms with Gasteiger partial charge in [-0.05, 0) is 67.8 Å². The minimum Gasteiger partial charge on any atom is -0.480 e. The molecule has 2 heterocycles. The average molecular weight is 615 g/mol. The zero-order valence-corrected chi connectivity index (χ0v) is 27.0. The van der Waals surface area contributed by atoms with Crippen molar-refractivity contribution >= 4 is 28.0 Å². The first-order chi connectivity index (χ1) is 22.4. The molecule has 0 amide bonds. The van der Waals surface area contributed by atoms with Gasteiger partial charge >= 0.3 is 5.97 Å². The molecule has 46 heavy (non-hydrogen) atoms. The zero-order valence-electron chi connectivity index (χ0n) is 27.0. The molecule has 2 aromatic heterocycles. The third-order valence-electron chi connectivity index (χ3n) is 9.00. The molecule has 6 rings (SSSR count). The first-order valence-corrected chi connectivity index (χ1v) is 16.5. The quantitative estimate of drug-likeness (QED) is 0.123. The summed E-state index contributed by atoms with van der Waals surface area (Å²) in [5, 5.41) is 30.7. The summed E-state index contributed by atoms with van der Waals surface area (Å²) in [6.45, 7) is 6.24. The van der Waals surface area contributed by atoms with Gasteiger partial charge in [-0.2, -0.15) is 9.59 Å². The molecular formula is C38H42N6O2. The lowest BCUT2D eigenvalue weighted by molar-refractivity contribution is -0.142. The van der Waals surface area contributed by atoms with Gasteiger partial charge in [0.1, 0.15) is 27.5 Å². The Kier molecular flexibility index (Phi) is 9.24. The number of aromatic nitrogens is 6. The summed E-state index contributed by atoms with van der Waals surface area (Å²) >= 11 is 0. The number of hydrogen-bond donors (Lipinski definition) is 1. The zero-order chi connectivity index (χ0) is 32.1. The third kappa shape index (κ3) is 6.16. The highest BCUT2D eigenvalue weighted by Crippen LogP contribution is 2.44. The molecular weight excluding hydrogens is 572 g/mol. The van der Waals surface area contributed by atoms with Crippen LogP contribution in [-0.2, 0) is 10.2 Å². The van der Waals surface area contributed by atoms with Gasteiger partial charge < -0.3 is 5.11 Å². The fourth-order valence-corrected chi connectivity index (χ4v) is 6.55. The summed E-state index contributed by atoms with van der Waals surface area (Å²) in [7, 11) is 0. The molecule has 0 atom stereocenters. The Bertz CT molecular complexity index is 1780. The van der Waals surface area contributed by atoms with Crippen LogP contribution in [0.15, 0.2) is 84.9 Å². The van der Waals surface area contributed by atoms with E-state index in [1.54, 1.807) is 9.59 Å². The van der Waals surface area contributed by atoms with Gasteiger partial charge in [0.25, 0.3) is 0 Å². The van der Waals surface area contributed by atoms with Gasteiger partial charge in [-0.1, -0.05) is 107 Å². The Morgan fingerprint density at radius 3 is 1.39 bits per heavy atom. The number of carbonyl (C=O) groups is 1. The smallest absolute Gasteiger partial charge is 0.318 e. The van der Waals surface area contributed by atoms with Crippen LogP contribution < -0.4 is 0 Å². The number of fused-ring (bicyclic) bond motifs is 2. The molecule has 0 aliphatic heterocycles. The fraction of sp³-hybridized carbons (Fsp3) is 0.342. The molecule has 0 saturated carbocycles. The van der Waals surface area contributed by atoms with Crippen LogP contribution >= 0.6 is 0 Å². The molecule has 0 saturated heterocycles. The standard InChI is InChI=1S/C38H42N6O2/c1-4-5-6-7-8-9-10-15-24-38(37(45)46,29-22-20-27(2)25-35(29)43-39-31-16-11-12-17-32(31)40-43)30-23-21-28(3)26-36(30)44-41-33-18-13-14-19-34(33)42-44/h11-14,16-23,25-26H,4-10,15,24H2,1-3H3,(H,45,46). The van der Waals surface area contributed by atoms with E-state index < -0.39 is 11.4 Å². The van der Waals surface area contributed by atoms with Crippen molar-refractivity contribution < 1.29 is 9.90 Å². The maximum atomic E-state index is 14.0. The van der Waals surface area contributed by atoms with Crippen molar-refractivity contribution in [1.29, 1.82) is 0 Å². The van der Waals surface area contributed by atoms with Gasteiger partial charge in [0.2, 0.25) is 0 Å². The van der Waals surface area contributed by atoms with E-state index in [1.165, 1.54) is 32.1 Å². The average Bonchev–Trinajstić information content (AvgIpc) is 3.69. The Morgan fingerprint density at radius 1 is 0.609 bits per heavy atom. The molecule has 0 aliphatic carbocycles. The second kappa shape index (κ2) is 13.6. The highest BCUT2D eigenvalue weighted by atomic mass is 16.4. The van der Waals surface area contributed by atoms with E-state index in [0.717, 1.165) is 52.5 Å². The van der Waals surface area contributed by atoms with E-state index in [-0.39, 0.29) is 0 Å². The number of hydrogen-bond acceptors (Lipinski definition) is 5. The van der Waals surface area contributed by atoms with E-state index in [2.05, 4.69) is 6.92 Å². The number of nitrogens with zero attached hydrogens (tertiary/aromatic N) is 6. The number of rotatable bonds is 14. The lowest BCUT2D eigenvalue weighted by Gasteiger charge is -2.34. The number of carboxylic acids is 1. The van der Waals surface area contributed by atoms with Crippen molar-refractivity contribution in [1.82, 2.24) is 30.0 Å². The predicted octanol–water partition coefficient (Wildman–Crippen LogP) is 8.67. The third-order valence-corrected chi connectivity index (χ3v) is 9.00. The van der Waals surface area contributed by atoms with E-state index in [1.807, 2.05) is 98.8 Å². The van der Waals surface area contributed by atoms with Crippen LogP contribution in [0.2, 0.25) is 0 Å². The van der Waals surface area contributed by atoms with Gasteiger partial charge in [-0.15, -0.1) is 20.4 Å². The summed E-state index contributed by atoms with van der Waals surface area (Å²) in [5.41, 5.74) is 6.19. The van der Waals surface area contributed by atoms with Gasteiger partial charge in [-0.3, -0.25) is 4.79 Å². The van der Waals surface area contributed by atoms with Crippen LogP contribution in [0, 0.1) is 13.8 Å². The van der Waals surface area contributed by atoms with Gasteiger partial charge in [0.15, 0.2) is 0 Å². The summed E-state index contributed by atoms with van der Waals surface area (Å²) in [6, 6.07) is 27.3. The van der Waals surface area contributed by atoms with Crippen molar-refractivity contribution in [3.8, 4) is 11.4 Å². The van der Waals surface area contributed by atoms with Crippen LogP contribution in [0.1, 0.15) is 87.0 Å². The van der Waals surface area contributed by atoms with Crippen molar-refractivity contribution in [2.24, 2.45) is 0 Å². The maximum Gasteiger partial charge on any atom is 0.318 e. The summed E-state index contributed by atoms with van der Waals surface area (Å²) in [5.74, 6) is -0.918. The maximum absolute atomic E-state index is 14.0. The lowest BCUT2D eigenvalue weighted by Crippen LogP contribution is -2.39. The monoisotopic (exact) mass is 614 g/mol. The molecule has 0 aliphatic rings. The number of aliphatic carboxylic acids is 1. The first-order valence-electron chi connectivity index (χ1n) is 16.5. The topological polar surface area (TPSA) is 98.7 Å². The minimum absolute atomic E-state index is 0.408. The van der Waals surface area contributed by atoms with Crippen molar-refractivity contribution in [3.05, 3.63) is 107 Å². The molecule has 0 radical (unpaired) electrons. The Hall–Kier alpha value is -4.85. The highest BCUT2D eigenvalue weighted by molar-refractivity contribution is 5.89. The first kappa shape index (κ1) is 31.1. The molecule has 0 fully saturated rings. The van der Waals surface area contributed by atoms with Crippen LogP contribution in [0.3, 0.4) is 0 Å². The predicted molar refractivity (Wildman–Crippen MR) is 183 cm³/mol. The Morgan fingerprint density at radius 2 is 1.00 bits per heavy atom. The van der Waals surface area contributed by atoms with E-state index >= 15 is 0 Å². The van der Waals surface area contributed by atoms with Gasteiger partial charge in [0.05, 0.1) is 11.4 Å². The van der Waals surface area contributed by atoms with Crippen LogP contribution in [0.25, 0.3) is 33.4 Å². The summed E-state index contributed by atoms with van der Waals surface area (Å²) in [4.78, 5) is 17.2. The van der Waals surface area contributed by atoms with Gasteiger partial charge in [-0.25, -0.2) is 0 Å². The number of carboxylic acid groups (broad SMARTS) is 1. The fourth-order valence-electron chi connectivity index (χ4n) is 6.55. The van der Waals surface area contributed by atoms with Crippen LogP contribution in [0.4, 0.5) is 0 Å². The molecule has 1 N–H and O–H groups in total. The molecule has 8 heteroatoms. The molecule has 4 aromatic carbocycles. The number of benzene rings is 4. The Balaban J connectivity index is 1.52. The largest absolute Gasteiger partial charge is 0.480 e. The van der Waals surface area contributed by atoms with E-state index in [0.29, 0.717) is 28.9 Å². The highest BCUT2D eigenvalue weighted by Gasteiger charge is 2.46. The second-order valence-corrected chi connectivity index (χ2v) is 12.4. The molecule has 0 spiro atoms. The molecule has 0 bridgehead atoms. The Labute approximate surface area is 270 Å². The molecule has 236 valence electrons. The summed E-state index contributed by atoms with van der Waals surface area (Å²) < 4.78 is 0. The van der Waals surface area contributed by atoms with Crippen LogP contribution in [0.5, 0.6) is 0 Å². The minimum atomic E-state index is -1.42. The second-order valence-electron chi connectivity index (χ2n) is 12.4. The summed E-state index contributed by atoms with van der Waals surface area (Å²) in [6.07, 6.45) is 9.33. The van der Waals surface area contributed by atoms with Crippen molar-refractivity contribution in [3.63, 3.8) is 0 Å². The van der Waals surface area contributed by atoms with Gasteiger partial charge in [0, 0.05) is 11.1 Å². The number of aryl methyl sites for hydroxylation is 2. The van der Waals surface area contributed by atoms with Crippen molar-refractivity contribution in [2.45, 2.75) is 84.0 Å².